The van der Waals surface area contributed by atoms with Crippen molar-refractivity contribution in [2.45, 2.75) is 38.4 Å². The van der Waals surface area contributed by atoms with Gasteiger partial charge < -0.3 is 19.5 Å². The molecule has 0 saturated heterocycles. The maximum absolute atomic E-state index is 11.6. The topological polar surface area (TPSA) is 115 Å². The molecule has 0 spiro atoms. The second-order valence-electron chi connectivity index (χ2n) is 7.30. The summed E-state index contributed by atoms with van der Waals surface area (Å²) in [6.45, 7) is 1.92. The highest BCUT2D eigenvalue weighted by Crippen LogP contribution is 2.25. The van der Waals surface area contributed by atoms with Crippen LogP contribution in [0.5, 0.6) is 0 Å². The molecule has 2 aromatic rings. The van der Waals surface area contributed by atoms with E-state index >= 15 is 0 Å². The molecule has 3 atom stereocenters. The number of aliphatic hydroxyl groups is 1. The van der Waals surface area contributed by atoms with Crippen molar-refractivity contribution in [3.8, 4) is 0 Å². The van der Waals surface area contributed by atoms with E-state index in [2.05, 4.69) is 52.1 Å². The Balaban J connectivity index is 0.000000194. The number of methoxy groups -OCH3 is 1. The highest BCUT2D eigenvalue weighted by molar-refractivity contribution is 9.10. The normalized spacial score (nSPS) is 19.9. The predicted octanol–water partition coefficient (Wildman–Crippen LogP) is 3.87. The van der Waals surface area contributed by atoms with Crippen LogP contribution in [0.15, 0.2) is 55.9 Å². The van der Waals surface area contributed by atoms with Gasteiger partial charge in [0.2, 0.25) is 0 Å². The first-order chi connectivity index (χ1) is 15.9. The van der Waals surface area contributed by atoms with Crippen LogP contribution >= 0.6 is 31.9 Å². The largest absolute Gasteiger partial charge is 0.469 e. The number of esters is 1. The van der Waals surface area contributed by atoms with E-state index in [-0.39, 0.29) is 30.7 Å². The van der Waals surface area contributed by atoms with Crippen molar-refractivity contribution >= 4 is 49.3 Å². The first-order valence-electron chi connectivity index (χ1n) is 10.3. The smallest absolute Gasteiger partial charge is 0.312 e. The molecule has 0 amide bonds. The molecule has 0 radical (unpaired) electrons. The second kappa shape index (κ2) is 12.2. The maximum atomic E-state index is 11.6. The highest BCUT2D eigenvalue weighted by atomic mass is 79.9. The Morgan fingerprint density at radius 2 is 1.64 bits per heavy atom. The van der Waals surface area contributed by atoms with Crippen LogP contribution in [-0.4, -0.2) is 58.4 Å². The molecule has 176 valence electrons. The average molecular weight is 584 g/mol. The lowest BCUT2D eigenvalue weighted by molar-refractivity contribution is -0.150. The summed E-state index contributed by atoms with van der Waals surface area (Å²) in [6.07, 6.45) is 4.79. The lowest BCUT2D eigenvalue weighted by atomic mass is 9.95. The number of pyridine rings is 2. The Morgan fingerprint density at radius 1 is 1.06 bits per heavy atom. The molecule has 4 heterocycles. The molecule has 0 aromatic carbocycles. The minimum atomic E-state index is -0.290. The minimum Gasteiger partial charge on any atom is -0.469 e. The summed E-state index contributed by atoms with van der Waals surface area (Å²) in [5.74, 6) is -0.547. The zero-order valence-electron chi connectivity index (χ0n) is 18.1. The van der Waals surface area contributed by atoms with E-state index in [4.69, 9.17) is 19.5 Å². The van der Waals surface area contributed by atoms with E-state index in [1.165, 1.54) is 7.11 Å². The van der Waals surface area contributed by atoms with Gasteiger partial charge in [0.1, 0.15) is 17.5 Å². The molecule has 1 N–H and O–H groups in total. The SMILES string of the molecule is CCC(C(=O)OC)[C@@H]1CC(c2ccc(Br)cn2)=NO1.OC[C@@H]1CC(c2ccc(Br)cn2)=NO1. The fourth-order valence-electron chi connectivity index (χ4n) is 3.27. The van der Waals surface area contributed by atoms with Gasteiger partial charge in [0.25, 0.3) is 0 Å². The zero-order chi connectivity index (χ0) is 23.8. The van der Waals surface area contributed by atoms with Gasteiger partial charge in [-0.15, -0.1) is 0 Å². The van der Waals surface area contributed by atoms with E-state index in [0.717, 1.165) is 31.8 Å². The predicted molar refractivity (Wildman–Crippen MR) is 129 cm³/mol. The van der Waals surface area contributed by atoms with Crippen LogP contribution in [-0.2, 0) is 19.2 Å². The monoisotopic (exact) mass is 582 g/mol. The number of carbonyl (C=O) groups is 1. The first-order valence-corrected chi connectivity index (χ1v) is 11.9. The van der Waals surface area contributed by atoms with E-state index in [1.807, 2.05) is 31.2 Å². The van der Waals surface area contributed by atoms with Crippen molar-refractivity contribution in [2.75, 3.05) is 13.7 Å². The summed E-state index contributed by atoms with van der Waals surface area (Å²) in [4.78, 5) is 30.5. The van der Waals surface area contributed by atoms with Crippen LogP contribution in [0.3, 0.4) is 0 Å². The van der Waals surface area contributed by atoms with Crippen molar-refractivity contribution in [2.24, 2.45) is 16.2 Å². The molecule has 11 heteroatoms. The first kappa shape index (κ1) is 25.3. The molecule has 1 unspecified atom stereocenters. The van der Waals surface area contributed by atoms with Gasteiger partial charge in [-0.05, 0) is 62.5 Å². The van der Waals surface area contributed by atoms with Gasteiger partial charge in [0, 0.05) is 34.2 Å². The fourth-order valence-corrected chi connectivity index (χ4v) is 3.74. The number of nitrogens with zero attached hydrogens (tertiary/aromatic N) is 4. The van der Waals surface area contributed by atoms with E-state index < -0.39 is 0 Å². The van der Waals surface area contributed by atoms with Gasteiger partial charge in [0.15, 0.2) is 6.10 Å². The molecule has 0 fully saturated rings. The Hall–Kier alpha value is -2.37. The van der Waals surface area contributed by atoms with E-state index in [1.54, 1.807) is 12.4 Å². The van der Waals surface area contributed by atoms with E-state index in [9.17, 15) is 4.79 Å². The summed E-state index contributed by atoms with van der Waals surface area (Å²) in [5.41, 5.74) is 3.12. The van der Waals surface area contributed by atoms with Crippen molar-refractivity contribution in [1.29, 1.82) is 0 Å². The number of halogens is 2. The number of hydrogen-bond acceptors (Lipinski definition) is 9. The molecule has 0 aliphatic carbocycles. The average Bonchev–Trinajstić information content (AvgIpc) is 3.51. The summed E-state index contributed by atoms with van der Waals surface area (Å²) < 4.78 is 6.62. The Labute approximate surface area is 208 Å². The standard InChI is InChI=1S/C13H15BrN2O3.C9H9BrN2O2/c1-3-9(13(17)18-2)12-6-11(16-19-12)10-5-4-8(14)7-15-10;10-6-1-2-8(11-4-6)9-3-7(5-13)14-12-9/h4-5,7,9,12H,3,6H2,1-2H3;1-2,4,7,13H,3,5H2/t9?,12-;7-/m00/s1. The molecule has 0 saturated carbocycles. The number of rotatable bonds is 6. The van der Waals surface area contributed by atoms with Crippen LogP contribution in [0.2, 0.25) is 0 Å². The molecule has 0 bridgehead atoms. The maximum Gasteiger partial charge on any atom is 0.312 e. The molecule has 9 nitrogen and oxygen atoms in total. The van der Waals surface area contributed by atoms with Crippen molar-refractivity contribution in [3.63, 3.8) is 0 Å². The molecular weight excluding hydrogens is 560 g/mol. The van der Waals surface area contributed by atoms with Crippen molar-refractivity contribution in [3.05, 3.63) is 57.0 Å². The Morgan fingerprint density at radius 3 is 2.09 bits per heavy atom. The molecule has 2 aliphatic heterocycles. The third-order valence-electron chi connectivity index (χ3n) is 5.07. The Bertz CT molecular complexity index is 999. The van der Waals surface area contributed by atoms with Gasteiger partial charge >= 0.3 is 5.97 Å². The number of oxime groups is 2. The molecule has 33 heavy (non-hydrogen) atoms. The summed E-state index contributed by atoms with van der Waals surface area (Å²) in [6, 6.07) is 7.53. The number of hydrogen-bond donors (Lipinski definition) is 1. The lowest BCUT2D eigenvalue weighted by Gasteiger charge is -2.17. The van der Waals surface area contributed by atoms with Gasteiger partial charge in [-0.1, -0.05) is 17.2 Å². The Kier molecular flexibility index (Phi) is 9.33. The van der Waals surface area contributed by atoms with Crippen LogP contribution < -0.4 is 0 Å². The molecule has 2 aromatic heterocycles. The lowest BCUT2D eigenvalue weighted by Crippen LogP contribution is -2.29. The third-order valence-corrected chi connectivity index (χ3v) is 6.01. The fraction of sp³-hybridized carbons (Fsp3) is 0.409. The van der Waals surface area contributed by atoms with Crippen LogP contribution in [0.1, 0.15) is 37.6 Å². The van der Waals surface area contributed by atoms with Crippen LogP contribution in [0.4, 0.5) is 0 Å². The van der Waals surface area contributed by atoms with Gasteiger partial charge in [0.05, 0.1) is 31.0 Å². The second-order valence-corrected chi connectivity index (χ2v) is 9.13. The molecular formula is C22H24Br2N4O5. The van der Waals surface area contributed by atoms with Crippen LogP contribution in [0, 0.1) is 5.92 Å². The van der Waals surface area contributed by atoms with E-state index in [0.29, 0.717) is 19.3 Å². The summed E-state index contributed by atoms with van der Waals surface area (Å²) in [7, 11) is 1.39. The highest BCUT2D eigenvalue weighted by Gasteiger charge is 2.35. The molecule has 2 aliphatic rings. The quantitative estimate of drug-likeness (QED) is 0.513. The van der Waals surface area contributed by atoms with Gasteiger partial charge in [-0.3, -0.25) is 14.8 Å². The van der Waals surface area contributed by atoms with Crippen LogP contribution in [0.25, 0.3) is 0 Å². The summed E-state index contributed by atoms with van der Waals surface area (Å²) >= 11 is 6.64. The third kappa shape index (κ3) is 6.81. The summed E-state index contributed by atoms with van der Waals surface area (Å²) in [5, 5.41) is 16.7. The number of aliphatic hydroxyl groups excluding tert-OH is 1. The zero-order valence-corrected chi connectivity index (χ0v) is 21.3. The number of carbonyl (C=O) groups excluding carboxylic acids is 1. The molecule has 4 rings (SSSR count). The number of aromatic nitrogens is 2. The van der Waals surface area contributed by atoms with Gasteiger partial charge in [-0.2, -0.15) is 0 Å². The van der Waals surface area contributed by atoms with Crippen molar-refractivity contribution in [1.82, 2.24) is 9.97 Å². The number of ether oxygens (including phenoxy) is 1. The minimum absolute atomic E-state index is 0.0104. The van der Waals surface area contributed by atoms with Gasteiger partial charge in [-0.25, -0.2) is 0 Å². The van der Waals surface area contributed by atoms with Crippen molar-refractivity contribution < 1.29 is 24.3 Å².